The zero-order valence-electron chi connectivity index (χ0n) is 12.0. The lowest BCUT2D eigenvalue weighted by molar-refractivity contribution is -0.129. The van der Waals surface area contributed by atoms with E-state index in [1.807, 2.05) is 14.1 Å². The van der Waals surface area contributed by atoms with Gasteiger partial charge in [-0.25, -0.2) is 0 Å². The summed E-state index contributed by atoms with van der Waals surface area (Å²) in [5.41, 5.74) is 5.26. The van der Waals surface area contributed by atoms with E-state index in [1.54, 1.807) is 4.90 Å². The molecule has 2 aromatic rings. The third-order valence-electron chi connectivity index (χ3n) is 4.09. The minimum Gasteiger partial charge on any atom is -0.349 e. The number of hydrogen-bond acceptors (Lipinski definition) is 1. The van der Waals surface area contributed by atoms with Gasteiger partial charge in [-0.3, -0.25) is 4.79 Å². The molecule has 102 valence electrons. The Morgan fingerprint density at radius 1 is 1.05 bits per heavy atom. The number of fused-ring (bicyclic) bond motifs is 3. The molecule has 0 bridgehead atoms. The Kier molecular flexibility index (Phi) is 3.31. The van der Waals surface area contributed by atoms with Gasteiger partial charge in [0.25, 0.3) is 0 Å². The third-order valence-corrected chi connectivity index (χ3v) is 4.09. The Balaban J connectivity index is 2.02. The predicted molar refractivity (Wildman–Crippen MR) is 81.6 cm³/mol. The van der Waals surface area contributed by atoms with Crippen molar-refractivity contribution in [2.75, 3.05) is 14.1 Å². The maximum absolute atomic E-state index is 12.1. The first kappa shape index (κ1) is 12.9. The van der Waals surface area contributed by atoms with Crippen molar-refractivity contribution >= 4 is 5.91 Å². The molecule has 1 aliphatic rings. The van der Waals surface area contributed by atoms with Crippen LogP contribution in [-0.4, -0.2) is 24.9 Å². The van der Waals surface area contributed by atoms with Gasteiger partial charge < -0.3 is 4.90 Å². The Hall–Kier alpha value is -2.09. The highest BCUT2D eigenvalue weighted by atomic mass is 16.2. The van der Waals surface area contributed by atoms with Crippen molar-refractivity contribution in [3.63, 3.8) is 0 Å². The van der Waals surface area contributed by atoms with Crippen molar-refractivity contribution in [3.8, 4) is 11.1 Å². The van der Waals surface area contributed by atoms with Crippen LogP contribution in [-0.2, 0) is 11.2 Å². The fourth-order valence-corrected chi connectivity index (χ4v) is 3.01. The highest BCUT2D eigenvalue weighted by Gasteiger charge is 2.26. The molecule has 3 rings (SSSR count). The van der Waals surface area contributed by atoms with Crippen LogP contribution in [0.3, 0.4) is 0 Å². The lowest BCUT2D eigenvalue weighted by Gasteiger charge is -2.28. The summed E-state index contributed by atoms with van der Waals surface area (Å²) in [4.78, 5) is 13.7. The van der Waals surface area contributed by atoms with Crippen molar-refractivity contribution in [1.29, 1.82) is 0 Å². The summed E-state index contributed by atoms with van der Waals surface area (Å²) < 4.78 is 0. The average molecular weight is 265 g/mol. The van der Waals surface area contributed by atoms with Crippen molar-refractivity contribution in [3.05, 3.63) is 59.7 Å². The molecule has 0 aromatic heterocycles. The van der Waals surface area contributed by atoms with Crippen molar-refractivity contribution in [2.24, 2.45) is 0 Å². The molecule has 0 saturated carbocycles. The van der Waals surface area contributed by atoms with Crippen LogP contribution in [0.2, 0.25) is 0 Å². The summed E-state index contributed by atoms with van der Waals surface area (Å²) in [6.07, 6.45) is 1.53. The number of carbonyl (C=O) groups is 1. The molecule has 20 heavy (non-hydrogen) atoms. The van der Waals surface area contributed by atoms with Gasteiger partial charge in [0.1, 0.15) is 0 Å². The van der Waals surface area contributed by atoms with Crippen LogP contribution < -0.4 is 0 Å². The van der Waals surface area contributed by atoms with Gasteiger partial charge in [-0.2, -0.15) is 0 Å². The summed E-state index contributed by atoms with van der Waals surface area (Å²) in [7, 11) is 3.65. The quantitative estimate of drug-likeness (QED) is 0.814. The first-order valence-electron chi connectivity index (χ1n) is 7.04. The Morgan fingerprint density at radius 3 is 2.45 bits per heavy atom. The van der Waals surface area contributed by atoms with Gasteiger partial charge in [0.05, 0.1) is 0 Å². The van der Waals surface area contributed by atoms with Crippen LogP contribution in [0, 0.1) is 0 Å². The van der Waals surface area contributed by atoms with E-state index in [1.165, 1.54) is 22.3 Å². The Bertz CT molecular complexity index is 645. The molecule has 0 fully saturated rings. The van der Waals surface area contributed by atoms with E-state index in [-0.39, 0.29) is 11.8 Å². The number of benzene rings is 2. The van der Waals surface area contributed by atoms with Crippen LogP contribution in [0.4, 0.5) is 0 Å². The minimum atomic E-state index is 0.198. The molecule has 1 aliphatic carbocycles. The molecule has 1 amide bonds. The van der Waals surface area contributed by atoms with Gasteiger partial charge >= 0.3 is 0 Å². The summed E-state index contributed by atoms with van der Waals surface area (Å²) in [5, 5.41) is 0. The second-order valence-corrected chi connectivity index (χ2v) is 5.64. The Morgan fingerprint density at radius 2 is 1.70 bits per heavy atom. The molecule has 0 saturated heterocycles. The van der Waals surface area contributed by atoms with E-state index >= 15 is 0 Å². The molecule has 2 nitrogen and oxygen atoms in total. The first-order chi connectivity index (χ1) is 9.66. The molecule has 0 radical (unpaired) electrons. The summed E-state index contributed by atoms with van der Waals surface area (Å²) in [5.74, 6) is 0.486. The summed E-state index contributed by atoms with van der Waals surface area (Å²) in [6.45, 7) is 0. The smallest absolute Gasteiger partial charge is 0.222 e. The van der Waals surface area contributed by atoms with Crippen LogP contribution in [0.15, 0.2) is 48.5 Å². The van der Waals surface area contributed by atoms with Crippen molar-refractivity contribution in [1.82, 2.24) is 4.90 Å². The van der Waals surface area contributed by atoms with Gasteiger partial charge in [-0.05, 0) is 34.6 Å². The predicted octanol–water partition coefficient (Wildman–Crippen LogP) is 3.47. The Labute approximate surface area is 120 Å². The molecular formula is C18H19NO. The van der Waals surface area contributed by atoms with E-state index in [2.05, 4.69) is 48.5 Å². The van der Waals surface area contributed by atoms with Crippen LogP contribution in [0.25, 0.3) is 11.1 Å². The lowest BCUT2D eigenvalue weighted by Crippen LogP contribution is -2.25. The summed E-state index contributed by atoms with van der Waals surface area (Å²) in [6, 6.07) is 17.0. The van der Waals surface area contributed by atoms with Gasteiger partial charge in [-0.1, -0.05) is 48.5 Å². The first-order valence-corrected chi connectivity index (χ1v) is 7.04. The maximum Gasteiger partial charge on any atom is 0.222 e. The third kappa shape index (κ3) is 2.22. The number of hydrogen-bond donors (Lipinski definition) is 0. The van der Waals surface area contributed by atoms with E-state index in [0.717, 1.165) is 6.42 Å². The normalized spacial score (nSPS) is 16.2. The standard InChI is InChI=1S/C18H19NO/c1-19(2)18(20)12-14-11-13-7-3-4-8-15(13)17-10-6-5-9-16(14)17/h3-10,14H,11-12H2,1-2H3. The SMILES string of the molecule is CN(C)C(=O)CC1Cc2ccccc2-c2ccccc21. The summed E-state index contributed by atoms with van der Waals surface area (Å²) >= 11 is 0. The highest BCUT2D eigenvalue weighted by molar-refractivity contribution is 5.79. The minimum absolute atomic E-state index is 0.198. The molecular weight excluding hydrogens is 246 g/mol. The molecule has 1 unspecified atom stereocenters. The number of rotatable bonds is 2. The second-order valence-electron chi connectivity index (χ2n) is 5.64. The van der Waals surface area contributed by atoms with E-state index < -0.39 is 0 Å². The topological polar surface area (TPSA) is 20.3 Å². The van der Waals surface area contributed by atoms with Gasteiger partial charge in [0.15, 0.2) is 0 Å². The van der Waals surface area contributed by atoms with E-state index in [0.29, 0.717) is 6.42 Å². The van der Waals surface area contributed by atoms with Crippen LogP contribution in [0.5, 0.6) is 0 Å². The van der Waals surface area contributed by atoms with E-state index in [4.69, 9.17) is 0 Å². The molecule has 2 aromatic carbocycles. The van der Waals surface area contributed by atoms with Gasteiger partial charge in [0.2, 0.25) is 5.91 Å². The second kappa shape index (κ2) is 5.12. The lowest BCUT2D eigenvalue weighted by atomic mass is 9.77. The molecule has 1 atom stereocenters. The van der Waals surface area contributed by atoms with Crippen LogP contribution in [0.1, 0.15) is 23.5 Å². The fourth-order valence-electron chi connectivity index (χ4n) is 3.01. The highest BCUT2D eigenvalue weighted by Crippen LogP contribution is 2.40. The van der Waals surface area contributed by atoms with E-state index in [9.17, 15) is 4.79 Å². The van der Waals surface area contributed by atoms with Crippen LogP contribution >= 0.6 is 0 Å². The molecule has 0 spiro atoms. The molecule has 0 N–H and O–H groups in total. The molecule has 2 heteroatoms. The van der Waals surface area contributed by atoms with Gasteiger partial charge in [0, 0.05) is 20.5 Å². The average Bonchev–Trinajstić information content (AvgIpc) is 2.47. The van der Waals surface area contributed by atoms with Gasteiger partial charge in [-0.15, -0.1) is 0 Å². The zero-order valence-corrected chi connectivity index (χ0v) is 12.0. The fraction of sp³-hybridized carbons (Fsp3) is 0.278. The molecule has 0 aliphatic heterocycles. The monoisotopic (exact) mass is 265 g/mol. The maximum atomic E-state index is 12.1. The number of amides is 1. The van der Waals surface area contributed by atoms with Crippen molar-refractivity contribution < 1.29 is 4.79 Å². The number of carbonyl (C=O) groups excluding carboxylic acids is 1. The largest absolute Gasteiger partial charge is 0.349 e. The number of nitrogens with zero attached hydrogens (tertiary/aromatic N) is 1. The van der Waals surface area contributed by atoms with Crippen molar-refractivity contribution in [2.45, 2.75) is 18.8 Å². The molecule has 0 heterocycles. The zero-order chi connectivity index (χ0) is 14.1.